The third kappa shape index (κ3) is 2.59. The van der Waals surface area contributed by atoms with Crippen molar-refractivity contribution in [1.29, 1.82) is 0 Å². The summed E-state index contributed by atoms with van der Waals surface area (Å²) in [6.07, 6.45) is 2.86. The number of amides is 1. The van der Waals surface area contributed by atoms with Crippen molar-refractivity contribution in [2.24, 2.45) is 0 Å². The Labute approximate surface area is 166 Å². The van der Waals surface area contributed by atoms with E-state index in [-0.39, 0.29) is 11.9 Å². The van der Waals surface area contributed by atoms with Crippen molar-refractivity contribution in [2.45, 2.75) is 39.2 Å². The molecular weight excluding hydrogens is 376 g/mol. The summed E-state index contributed by atoms with van der Waals surface area (Å²) in [7, 11) is 0. The molecule has 7 heteroatoms. The first kappa shape index (κ1) is 17.3. The molecule has 3 heterocycles. The fraction of sp³-hybridized carbons (Fsp3) is 0.286. The van der Waals surface area contributed by atoms with Gasteiger partial charge in [-0.25, -0.2) is 4.98 Å². The normalized spacial score (nSPS) is 16.5. The second-order valence-corrected chi connectivity index (χ2v) is 7.76. The molecule has 1 aliphatic rings. The number of fused-ring (bicyclic) bond motifs is 4. The number of pyridine rings is 1. The standard InChI is InChI=1S/C21H19ClN4O2/c1-10-9-14(17-11(2)26-28-21(17)23-10)20(27)24-16-8-4-6-13-12-5-3-7-15(22)18(12)25-19(13)16/h3,5,7,9,16,25H,4,6,8H2,1-2H3,(H,24,27)/t16-/m1/s1. The zero-order valence-electron chi connectivity index (χ0n) is 15.6. The average molecular weight is 395 g/mol. The monoisotopic (exact) mass is 394 g/mol. The van der Waals surface area contributed by atoms with Gasteiger partial charge in [0.25, 0.3) is 11.6 Å². The highest BCUT2D eigenvalue weighted by molar-refractivity contribution is 6.35. The predicted molar refractivity (Wildman–Crippen MR) is 108 cm³/mol. The van der Waals surface area contributed by atoms with Crippen LogP contribution in [0.4, 0.5) is 0 Å². The van der Waals surface area contributed by atoms with Crippen LogP contribution in [-0.4, -0.2) is 21.0 Å². The molecule has 1 amide bonds. The van der Waals surface area contributed by atoms with Crippen LogP contribution in [-0.2, 0) is 6.42 Å². The van der Waals surface area contributed by atoms with Crippen LogP contribution >= 0.6 is 11.6 Å². The molecule has 0 radical (unpaired) electrons. The molecule has 0 aliphatic heterocycles. The summed E-state index contributed by atoms with van der Waals surface area (Å²) in [5.41, 5.74) is 5.54. The van der Waals surface area contributed by atoms with Gasteiger partial charge in [-0.15, -0.1) is 0 Å². The fourth-order valence-corrected chi connectivity index (χ4v) is 4.45. The van der Waals surface area contributed by atoms with E-state index in [9.17, 15) is 4.79 Å². The van der Waals surface area contributed by atoms with Crippen molar-refractivity contribution < 1.29 is 9.32 Å². The first-order chi connectivity index (χ1) is 13.5. The molecule has 5 rings (SSSR count). The Bertz CT molecular complexity index is 1240. The van der Waals surface area contributed by atoms with Crippen LogP contribution in [0.2, 0.25) is 5.02 Å². The summed E-state index contributed by atoms with van der Waals surface area (Å²) in [5.74, 6) is -0.149. The molecule has 2 N–H and O–H groups in total. The van der Waals surface area contributed by atoms with Crippen molar-refractivity contribution in [3.63, 3.8) is 0 Å². The van der Waals surface area contributed by atoms with Crippen LogP contribution < -0.4 is 5.32 Å². The van der Waals surface area contributed by atoms with Crippen molar-refractivity contribution in [3.8, 4) is 0 Å². The zero-order chi connectivity index (χ0) is 19.4. The van der Waals surface area contributed by atoms with Gasteiger partial charge in [0.1, 0.15) is 0 Å². The molecule has 0 saturated carbocycles. The Morgan fingerprint density at radius 2 is 2.21 bits per heavy atom. The van der Waals surface area contributed by atoms with Crippen molar-refractivity contribution >= 4 is 39.5 Å². The van der Waals surface area contributed by atoms with Crippen molar-refractivity contribution in [3.05, 3.63) is 57.5 Å². The van der Waals surface area contributed by atoms with E-state index in [4.69, 9.17) is 16.1 Å². The van der Waals surface area contributed by atoms with Crippen molar-refractivity contribution in [1.82, 2.24) is 20.4 Å². The van der Waals surface area contributed by atoms with Gasteiger partial charge in [-0.1, -0.05) is 28.9 Å². The SMILES string of the molecule is Cc1cc(C(=O)N[C@@H]2CCCc3c2[nH]c2c(Cl)cccc32)c2c(C)noc2n1. The number of carbonyl (C=O) groups excluding carboxylic acids is 1. The van der Waals surface area contributed by atoms with Crippen LogP contribution in [0, 0.1) is 13.8 Å². The Hall–Kier alpha value is -2.86. The highest BCUT2D eigenvalue weighted by Gasteiger charge is 2.27. The quantitative estimate of drug-likeness (QED) is 0.512. The zero-order valence-corrected chi connectivity index (χ0v) is 16.4. The van der Waals surface area contributed by atoms with Gasteiger partial charge in [0.15, 0.2) is 0 Å². The molecule has 142 valence electrons. The number of benzene rings is 1. The van der Waals surface area contributed by atoms with E-state index >= 15 is 0 Å². The number of aryl methyl sites for hydroxylation is 3. The van der Waals surface area contributed by atoms with Gasteiger partial charge in [-0.05, 0) is 50.8 Å². The van der Waals surface area contributed by atoms with Crippen LogP contribution in [0.1, 0.15) is 51.9 Å². The summed E-state index contributed by atoms with van der Waals surface area (Å²) < 4.78 is 5.26. The first-order valence-electron chi connectivity index (χ1n) is 9.36. The number of para-hydroxylation sites is 1. The van der Waals surface area contributed by atoms with Gasteiger partial charge in [-0.2, -0.15) is 0 Å². The fourth-order valence-electron chi connectivity index (χ4n) is 4.23. The third-order valence-electron chi connectivity index (χ3n) is 5.49. The lowest BCUT2D eigenvalue weighted by molar-refractivity contribution is 0.0933. The maximum absolute atomic E-state index is 13.2. The first-order valence-corrected chi connectivity index (χ1v) is 9.74. The molecule has 0 bridgehead atoms. The number of aromatic amines is 1. The molecule has 6 nitrogen and oxygen atoms in total. The Kier molecular flexibility index (Phi) is 3.91. The summed E-state index contributed by atoms with van der Waals surface area (Å²) in [4.78, 5) is 21.0. The number of H-pyrrole nitrogens is 1. The van der Waals surface area contributed by atoms with Crippen molar-refractivity contribution in [2.75, 3.05) is 0 Å². The highest BCUT2D eigenvalue weighted by atomic mass is 35.5. The highest BCUT2D eigenvalue weighted by Crippen LogP contribution is 2.37. The molecule has 28 heavy (non-hydrogen) atoms. The number of halogens is 1. The van der Waals surface area contributed by atoms with Crippen LogP contribution in [0.15, 0.2) is 28.8 Å². The lowest BCUT2D eigenvalue weighted by Gasteiger charge is -2.24. The van der Waals surface area contributed by atoms with Gasteiger partial charge >= 0.3 is 0 Å². The van der Waals surface area contributed by atoms with E-state index in [2.05, 4.69) is 26.5 Å². The summed E-state index contributed by atoms with van der Waals surface area (Å²) >= 11 is 6.37. The molecule has 0 spiro atoms. The number of rotatable bonds is 2. The largest absolute Gasteiger partial charge is 0.355 e. The Balaban J connectivity index is 1.55. The molecule has 1 aliphatic carbocycles. The minimum atomic E-state index is -0.149. The second-order valence-electron chi connectivity index (χ2n) is 7.36. The van der Waals surface area contributed by atoms with E-state index in [0.29, 0.717) is 27.4 Å². The van der Waals surface area contributed by atoms with E-state index in [1.165, 1.54) is 5.56 Å². The average Bonchev–Trinajstić information content (AvgIpc) is 3.24. The summed E-state index contributed by atoms with van der Waals surface area (Å²) in [6.45, 7) is 3.66. The molecule has 0 fully saturated rings. The molecule has 1 aromatic carbocycles. The summed E-state index contributed by atoms with van der Waals surface area (Å²) in [6, 6.07) is 7.62. The van der Waals surface area contributed by atoms with Gasteiger partial charge in [0.05, 0.1) is 33.2 Å². The summed E-state index contributed by atoms with van der Waals surface area (Å²) in [5, 5.41) is 9.66. The number of nitrogens with zero attached hydrogens (tertiary/aromatic N) is 2. The van der Waals surface area contributed by atoms with Gasteiger partial charge in [0, 0.05) is 16.8 Å². The molecule has 4 aromatic rings. The molecule has 1 atom stereocenters. The van der Waals surface area contributed by atoms with Crippen LogP contribution in [0.25, 0.3) is 22.0 Å². The second kappa shape index (κ2) is 6.34. The lowest BCUT2D eigenvalue weighted by atomic mass is 9.91. The topological polar surface area (TPSA) is 83.8 Å². The van der Waals surface area contributed by atoms with Gasteiger partial charge in [-0.3, -0.25) is 4.79 Å². The number of nitrogens with one attached hydrogen (secondary N) is 2. The number of carbonyl (C=O) groups is 1. The van der Waals surface area contributed by atoms with E-state index in [1.54, 1.807) is 6.07 Å². The minimum absolute atomic E-state index is 0.0941. The molecule has 3 aromatic heterocycles. The van der Waals surface area contributed by atoms with Gasteiger partial charge < -0.3 is 14.8 Å². The number of hydrogen-bond acceptors (Lipinski definition) is 4. The van der Waals surface area contributed by atoms with E-state index < -0.39 is 0 Å². The van der Waals surface area contributed by atoms with E-state index in [1.807, 2.05) is 26.0 Å². The number of aromatic nitrogens is 3. The molecule has 0 saturated heterocycles. The Morgan fingerprint density at radius 3 is 3.07 bits per heavy atom. The smallest absolute Gasteiger partial charge is 0.258 e. The Morgan fingerprint density at radius 1 is 1.36 bits per heavy atom. The van der Waals surface area contributed by atoms with E-state index in [0.717, 1.165) is 41.6 Å². The maximum atomic E-state index is 13.2. The molecular formula is C21H19ClN4O2. The predicted octanol–water partition coefficient (Wildman–Crippen LogP) is 4.78. The molecule has 0 unspecified atom stereocenters. The third-order valence-corrected chi connectivity index (χ3v) is 5.80. The maximum Gasteiger partial charge on any atom is 0.258 e. The minimum Gasteiger partial charge on any atom is -0.355 e. The van der Waals surface area contributed by atoms with Crippen LogP contribution in [0.3, 0.4) is 0 Å². The van der Waals surface area contributed by atoms with Gasteiger partial charge in [0.2, 0.25) is 0 Å². The van der Waals surface area contributed by atoms with Crippen LogP contribution in [0.5, 0.6) is 0 Å². The number of hydrogen-bond donors (Lipinski definition) is 2. The lowest BCUT2D eigenvalue weighted by Crippen LogP contribution is -2.31.